The molecule has 8 nitrogen and oxygen atoms in total. The number of anilines is 1. The molecule has 26 heavy (non-hydrogen) atoms. The lowest BCUT2D eigenvalue weighted by Crippen LogP contribution is -2.45. The second kappa shape index (κ2) is 8.98. The first kappa shape index (κ1) is 18.6. The molecule has 1 aliphatic heterocycles. The van der Waals surface area contributed by atoms with Crippen LogP contribution in [-0.2, 0) is 4.74 Å². The smallest absolute Gasteiger partial charge is 0.163 e. The third kappa shape index (κ3) is 4.72. The fourth-order valence-corrected chi connectivity index (χ4v) is 2.90. The highest BCUT2D eigenvalue weighted by molar-refractivity contribution is 5.90. The molecule has 8 heteroatoms. The molecule has 0 radical (unpaired) electrons. The molecular formula is C18H27N5O3. The van der Waals surface area contributed by atoms with Gasteiger partial charge in [0.2, 0.25) is 0 Å². The van der Waals surface area contributed by atoms with E-state index in [1.165, 1.54) is 6.33 Å². The molecule has 1 aliphatic rings. The minimum Gasteiger partial charge on any atom is -0.488 e. The van der Waals surface area contributed by atoms with Crippen molar-refractivity contribution in [2.75, 3.05) is 72.4 Å². The Morgan fingerprint density at radius 2 is 1.73 bits per heavy atom. The molecule has 3 rings (SSSR count). The number of hydrogen-bond donors (Lipinski definition) is 1. The van der Waals surface area contributed by atoms with Crippen LogP contribution in [0.2, 0.25) is 0 Å². The van der Waals surface area contributed by atoms with Crippen LogP contribution in [0.4, 0.5) is 5.82 Å². The summed E-state index contributed by atoms with van der Waals surface area (Å²) in [6.45, 7) is 6.74. The highest BCUT2D eigenvalue weighted by Gasteiger charge is 2.15. The molecular weight excluding hydrogens is 334 g/mol. The van der Waals surface area contributed by atoms with E-state index < -0.39 is 0 Å². The van der Waals surface area contributed by atoms with Crippen LogP contribution in [0, 0.1) is 0 Å². The zero-order chi connectivity index (χ0) is 18.4. The maximum absolute atomic E-state index is 6.02. The van der Waals surface area contributed by atoms with E-state index >= 15 is 0 Å². The Bertz CT molecular complexity index is 719. The maximum Gasteiger partial charge on any atom is 0.163 e. The van der Waals surface area contributed by atoms with E-state index in [1.807, 2.05) is 12.1 Å². The second-order valence-corrected chi connectivity index (χ2v) is 6.41. The van der Waals surface area contributed by atoms with Gasteiger partial charge < -0.3 is 24.8 Å². The molecule has 2 heterocycles. The van der Waals surface area contributed by atoms with Gasteiger partial charge in [-0.05, 0) is 13.1 Å². The molecule has 0 spiro atoms. The van der Waals surface area contributed by atoms with Crippen LogP contribution >= 0.6 is 0 Å². The highest BCUT2D eigenvalue weighted by atomic mass is 16.5. The molecule has 2 aromatic rings. The van der Waals surface area contributed by atoms with Gasteiger partial charge in [-0.25, -0.2) is 9.97 Å². The number of nitrogens with zero attached hydrogens (tertiary/aromatic N) is 4. The quantitative estimate of drug-likeness (QED) is 0.693. The summed E-state index contributed by atoms with van der Waals surface area (Å²) in [5, 5.41) is 0.756. The topological polar surface area (TPSA) is 86.0 Å². The van der Waals surface area contributed by atoms with Crippen molar-refractivity contribution in [1.29, 1.82) is 0 Å². The number of piperazine rings is 1. The van der Waals surface area contributed by atoms with Gasteiger partial charge in [0.15, 0.2) is 11.5 Å². The van der Waals surface area contributed by atoms with Gasteiger partial charge >= 0.3 is 0 Å². The Kier molecular flexibility index (Phi) is 6.43. The van der Waals surface area contributed by atoms with Gasteiger partial charge in [-0.15, -0.1) is 0 Å². The summed E-state index contributed by atoms with van der Waals surface area (Å²) in [5.74, 6) is 1.73. The lowest BCUT2D eigenvalue weighted by Gasteiger charge is -2.32. The zero-order valence-corrected chi connectivity index (χ0v) is 15.5. The number of fused-ring (bicyclic) bond motifs is 1. The summed E-state index contributed by atoms with van der Waals surface area (Å²) in [6.07, 6.45) is 1.46. The molecule has 1 saturated heterocycles. The first-order chi connectivity index (χ1) is 12.7. The predicted molar refractivity (Wildman–Crippen MR) is 101 cm³/mol. The first-order valence-corrected chi connectivity index (χ1v) is 8.87. The number of ether oxygens (including phenoxy) is 3. The number of likely N-dealkylation sites (N-methyl/N-ethyl adjacent to an activating group) is 1. The minimum absolute atomic E-state index is 0.426. The first-order valence-electron chi connectivity index (χ1n) is 8.87. The lowest BCUT2D eigenvalue weighted by molar-refractivity contribution is 0.128. The minimum atomic E-state index is 0.426. The van der Waals surface area contributed by atoms with Crippen LogP contribution in [-0.4, -0.2) is 86.5 Å². The van der Waals surface area contributed by atoms with Crippen LogP contribution in [0.1, 0.15) is 0 Å². The Morgan fingerprint density at radius 3 is 2.50 bits per heavy atom. The van der Waals surface area contributed by atoms with Crippen molar-refractivity contribution in [2.45, 2.75) is 0 Å². The van der Waals surface area contributed by atoms with E-state index in [0.717, 1.165) is 43.6 Å². The molecule has 142 valence electrons. The lowest BCUT2D eigenvalue weighted by atomic mass is 10.2. The van der Waals surface area contributed by atoms with E-state index in [-0.39, 0.29) is 0 Å². The predicted octanol–water partition coefficient (Wildman–Crippen LogP) is 0.863. The Hall–Kier alpha value is -2.16. The summed E-state index contributed by atoms with van der Waals surface area (Å²) in [4.78, 5) is 13.1. The number of hydrogen-bond acceptors (Lipinski definition) is 8. The largest absolute Gasteiger partial charge is 0.488 e. The summed E-state index contributed by atoms with van der Waals surface area (Å²) in [7, 11) is 3.79. The standard InChI is InChI=1S/C18H27N5O3/c1-22-3-5-23(6-4-22)7-8-25-17-12-15-14(18(19)21-13-20-15)11-16(17)26-10-9-24-2/h11-13H,3-10H2,1-2H3,(H2,19,20,21). The molecule has 0 saturated carbocycles. The third-order valence-electron chi connectivity index (χ3n) is 4.54. The van der Waals surface area contributed by atoms with Crippen molar-refractivity contribution < 1.29 is 14.2 Å². The van der Waals surface area contributed by atoms with E-state index in [4.69, 9.17) is 19.9 Å². The molecule has 0 aliphatic carbocycles. The van der Waals surface area contributed by atoms with E-state index in [9.17, 15) is 0 Å². The number of benzene rings is 1. The molecule has 1 aromatic carbocycles. The van der Waals surface area contributed by atoms with E-state index in [1.54, 1.807) is 7.11 Å². The van der Waals surface area contributed by atoms with Gasteiger partial charge in [-0.1, -0.05) is 0 Å². The van der Waals surface area contributed by atoms with Crippen molar-refractivity contribution in [1.82, 2.24) is 19.8 Å². The zero-order valence-electron chi connectivity index (χ0n) is 15.5. The van der Waals surface area contributed by atoms with Gasteiger partial charge in [-0.2, -0.15) is 0 Å². The van der Waals surface area contributed by atoms with Gasteiger partial charge in [0, 0.05) is 51.3 Å². The fraction of sp³-hybridized carbons (Fsp3) is 0.556. The van der Waals surface area contributed by atoms with Crippen molar-refractivity contribution in [3.8, 4) is 11.5 Å². The van der Waals surface area contributed by atoms with Crippen LogP contribution < -0.4 is 15.2 Å². The summed E-state index contributed by atoms with van der Waals surface area (Å²) in [5.41, 5.74) is 6.70. The molecule has 0 unspecified atom stereocenters. The summed E-state index contributed by atoms with van der Waals surface area (Å²) >= 11 is 0. The van der Waals surface area contributed by atoms with Gasteiger partial charge in [0.25, 0.3) is 0 Å². The van der Waals surface area contributed by atoms with Crippen molar-refractivity contribution in [2.24, 2.45) is 0 Å². The molecule has 2 N–H and O–H groups in total. The molecule has 0 bridgehead atoms. The Balaban J connectivity index is 1.69. The van der Waals surface area contributed by atoms with Crippen LogP contribution in [0.5, 0.6) is 11.5 Å². The van der Waals surface area contributed by atoms with Crippen LogP contribution in [0.25, 0.3) is 10.9 Å². The van der Waals surface area contributed by atoms with Gasteiger partial charge in [0.1, 0.15) is 25.4 Å². The fourth-order valence-electron chi connectivity index (χ4n) is 2.90. The van der Waals surface area contributed by atoms with Gasteiger partial charge in [-0.3, -0.25) is 4.90 Å². The van der Waals surface area contributed by atoms with Crippen molar-refractivity contribution >= 4 is 16.7 Å². The summed E-state index contributed by atoms with van der Waals surface area (Å²) in [6, 6.07) is 3.70. The normalized spacial score (nSPS) is 16.1. The van der Waals surface area contributed by atoms with E-state index in [2.05, 4.69) is 26.8 Å². The number of nitrogen functional groups attached to an aromatic ring is 1. The van der Waals surface area contributed by atoms with Crippen LogP contribution in [0.3, 0.4) is 0 Å². The maximum atomic E-state index is 6.02. The van der Waals surface area contributed by atoms with Crippen molar-refractivity contribution in [3.63, 3.8) is 0 Å². The second-order valence-electron chi connectivity index (χ2n) is 6.41. The molecule has 1 aromatic heterocycles. The average molecular weight is 361 g/mol. The number of nitrogens with two attached hydrogens (primary N) is 1. The number of methoxy groups -OCH3 is 1. The number of aromatic nitrogens is 2. The van der Waals surface area contributed by atoms with Gasteiger partial charge in [0.05, 0.1) is 12.1 Å². The Labute approximate surface area is 153 Å². The monoisotopic (exact) mass is 361 g/mol. The average Bonchev–Trinajstić information content (AvgIpc) is 2.64. The molecule has 1 fully saturated rings. The van der Waals surface area contributed by atoms with E-state index in [0.29, 0.717) is 37.1 Å². The highest BCUT2D eigenvalue weighted by Crippen LogP contribution is 2.33. The molecule has 0 amide bonds. The van der Waals surface area contributed by atoms with Crippen LogP contribution in [0.15, 0.2) is 18.5 Å². The SMILES string of the molecule is COCCOc1cc2c(N)ncnc2cc1OCCN1CCN(C)CC1. The summed E-state index contributed by atoms with van der Waals surface area (Å²) < 4.78 is 16.9. The molecule has 0 atom stereocenters. The third-order valence-corrected chi connectivity index (χ3v) is 4.54. The van der Waals surface area contributed by atoms with Crippen molar-refractivity contribution in [3.05, 3.63) is 18.5 Å². The number of rotatable bonds is 8. The Morgan fingerprint density at radius 1 is 1.00 bits per heavy atom.